The summed E-state index contributed by atoms with van der Waals surface area (Å²) in [5, 5.41) is 6.81. The average Bonchev–Trinajstić information content (AvgIpc) is 3.53. The molecule has 1 aliphatic rings. The lowest BCUT2D eigenvalue weighted by atomic mass is 9.80. The molecule has 0 radical (unpaired) electrons. The summed E-state index contributed by atoms with van der Waals surface area (Å²) in [5.74, 6) is 0. The molecule has 2 heteroatoms. The number of thiophene rings is 1. The fourth-order valence-electron chi connectivity index (χ4n) is 6.49. The quantitative estimate of drug-likeness (QED) is 0.227. The number of nitrogens with zero attached hydrogens (tertiary/aromatic N) is 1. The molecule has 0 aliphatic heterocycles. The van der Waals surface area contributed by atoms with E-state index in [1.165, 1.54) is 69.9 Å². The molecule has 0 unspecified atom stereocenters. The van der Waals surface area contributed by atoms with Gasteiger partial charge < -0.3 is 4.57 Å². The molecule has 1 aliphatic carbocycles. The van der Waals surface area contributed by atoms with Crippen molar-refractivity contribution in [2.75, 3.05) is 0 Å². The minimum atomic E-state index is -0.0375. The van der Waals surface area contributed by atoms with Crippen LogP contribution >= 0.6 is 11.3 Å². The number of hydrogen-bond acceptors (Lipinski definition) is 1. The van der Waals surface area contributed by atoms with E-state index < -0.39 is 0 Å². The van der Waals surface area contributed by atoms with Crippen LogP contribution < -0.4 is 0 Å². The normalized spacial score (nSPS) is 14.2. The minimum absolute atomic E-state index is 0.0375. The van der Waals surface area contributed by atoms with Crippen molar-refractivity contribution in [1.29, 1.82) is 0 Å². The Morgan fingerprint density at radius 2 is 1.26 bits per heavy atom. The van der Waals surface area contributed by atoms with Crippen molar-refractivity contribution in [3.63, 3.8) is 0 Å². The second kappa shape index (κ2) is 6.62. The maximum atomic E-state index is 2.49. The van der Waals surface area contributed by atoms with Crippen LogP contribution in [-0.2, 0) is 5.41 Å². The summed E-state index contributed by atoms with van der Waals surface area (Å²) in [6.45, 7) is 4.80. The van der Waals surface area contributed by atoms with Gasteiger partial charge in [-0.15, -0.1) is 11.3 Å². The van der Waals surface area contributed by atoms with Crippen molar-refractivity contribution >= 4 is 54.0 Å². The van der Waals surface area contributed by atoms with E-state index in [9.17, 15) is 0 Å². The summed E-state index contributed by atoms with van der Waals surface area (Å²) < 4.78 is 3.88. The van der Waals surface area contributed by atoms with Gasteiger partial charge in [0.2, 0.25) is 0 Å². The Hall–Kier alpha value is -3.88. The Morgan fingerprint density at radius 1 is 0.629 bits per heavy atom. The molecule has 7 aromatic rings. The van der Waals surface area contributed by atoms with Gasteiger partial charge in [-0.25, -0.2) is 0 Å². The fraction of sp³-hybridized carbons (Fsp3) is 0.0909. The first kappa shape index (κ1) is 19.4. The van der Waals surface area contributed by atoms with Crippen LogP contribution in [0.4, 0.5) is 0 Å². The van der Waals surface area contributed by atoms with Crippen LogP contribution in [0.5, 0.6) is 0 Å². The van der Waals surface area contributed by atoms with Crippen LogP contribution in [0, 0.1) is 0 Å². The van der Waals surface area contributed by atoms with Gasteiger partial charge in [-0.2, -0.15) is 0 Å². The Kier molecular flexibility index (Phi) is 3.67. The zero-order chi connectivity index (χ0) is 23.3. The third-order valence-corrected chi connectivity index (χ3v) is 9.18. The molecule has 8 rings (SSSR count). The van der Waals surface area contributed by atoms with Crippen LogP contribution in [-0.4, -0.2) is 4.57 Å². The molecule has 0 N–H and O–H groups in total. The molecule has 2 aromatic heterocycles. The van der Waals surface area contributed by atoms with Gasteiger partial charge in [0.1, 0.15) is 0 Å². The van der Waals surface area contributed by atoms with E-state index in [4.69, 9.17) is 0 Å². The monoisotopic (exact) mass is 465 g/mol. The lowest BCUT2D eigenvalue weighted by molar-refractivity contribution is 0.667. The van der Waals surface area contributed by atoms with E-state index in [0.717, 1.165) is 0 Å². The van der Waals surface area contributed by atoms with Crippen molar-refractivity contribution in [2.24, 2.45) is 0 Å². The molecule has 0 amide bonds. The smallest absolute Gasteiger partial charge is 0.0726 e. The minimum Gasteiger partial charge on any atom is -0.308 e. The number of rotatable bonds is 1. The molecule has 0 bridgehead atoms. The molecule has 0 spiro atoms. The third-order valence-electron chi connectivity index (χ3n) is 7.95. The molecule has 5 aromatic carbocycles. The summed E-state index contributed by atoms with van der Waals surface area (Å²) >= 11 is 1.98. The predicted octanol–water partition coefficient (Wildman–Crippen LogP) is 9.46. The highest BCUT2D eigenvalue weighted by atomic mass is 32.1. The number of para-hydroxylation sites is 2. The number of benzene rings is 5. The van der Waals surface area contributed by atoms with Crippen LogP contribution in [0.25, 0.3) is 58.8 Å². The van der Waals surface area contributed by atoms with Crippen molar-refractivity contribution < 1.29 is 0 Å². The Bertz CT molecular complexity index is 1970. The van der Waals surface area contributed by atoms with Crippen molar-refractivity contribution in [1.82, 2.24) is 4.57 Å². The van der Waals surface area contributed by atoms with Gasteiger partial charge in [-0.3, -0.25) is 0 Å². The van der Waals surface area contributed by atoms with Crippen LogP contribution in [0.1, 0.15) is 25.0 Å². The number of aromatic nitrogens is 1. The van der Waals surface area contributed by atoms with Gasteiger partial charge in [0.15, 0.2) is 0 Å². The molecule has 0 atom stereocenters. The van der Waals surface area contributed by atoms with E-state index in [1.54, 1.807) is 0 Å². The first-order valence-corrected chi connectivity index (χ1v) is 13.0. The van der Waals surface area contributed by atoms with E-state index in [0.29, 0.717) is 0 Å². The van der Waals surface area contributed by atoms with Crippen molar-refractivity contribution in [3.8, 4) is 16.1 Å². The van der Waals surface area contributed by atoms with Gasteiger partial charge in [-0.05, 0) is 45.7 Å². The zero-order valence-electron chi connectivity index (χ0n) is 19.7. The molecule has 0 saturated heterocycles. The van der Waals surface area contributed by atoms with Crippen molar-refractivity contribution in [3.05, 3.63) is 114 Å². The Morgan fingerprint density at radius 3 is 2.06 bits per heavy atom. The Balaban J connectivity index is 1.70. The van der Waals surface area contributed by atoms with Gasteiger partial charge in [-0.1, -0.05) is 98.8 Å². The molecule has 35 heavy (non-hydrogen) atoms. The Labute approximate surface area is 207 Å². The van der Waals surface area contributed by atoms with E-state index >= 15 is 0 Å². The van der Waals surface area contributed by atoms with E-state index in [2.05, 4.69) is 122 Å². The first-order valence-electron chi connectivity index (χ1n) is 12.2. The summed E-state index contributed by atoms with van der Waals surface area (Å²) in [7, 11) is 0. The standard InChI is InChI=1S/C33H23NS/c1-33(2)25-18-10-8-16-23(25)31-29(33)28-22-15-7-6-14-21(22)27-24-17-9-11-19-26(24)34(30(27)32(28)35-31)20-12-4-3-5-13-20/h3-19H,1-2H3. The largest absolute Gasteiger partial charge is 0.308 e. The van der Waals surface area contributed by atoms with Gasteiger partial charge in [0, 0.05) is 32.1 Å². The van der Waals surface area contributed by atoms with Crippen LogP contribution in [0.15, 0.2) is 103 Å². The van der Waals surface area contributed by atoms with Gasteiger partial charge in [0.05, 0.1) is 15.7 Å². The number of fused-ring (bicyclic) bond motifs is 12. The van der Waals surface area contributed by atoms with E-state index in [-0.39, 0.29) is 5.41 Å². The lowest BCUT2D eigenvalue weighted by Crippen LogP contribution is -2.14. The molecule has 2 heterocycles. The molecular weight excluding hydrogens is 442 g/mol. The highest BCUT2D eigenvalue weighted by molar-refractivity contribution is 7.23. The summed E-state index contributed by atoms with van der Waals surface area (Å²) in [4.78, 5) is 1.43. The maximum Gasteiger partial charge on any atom is 0.0726 e. The molecule has 1 nitrogen and oxygen atoms in total. The van der Waals surface area contributed by atoms with Crippen LogP contribution in [0.2, 0.25) is 0 Å². The molecular formula is C33H23NS. The topological polar surface area (TPSA) is 4.93 Å². The van der Waals surface area contributed by atoms with Crippen LogP contribution in [0.3, 0.4) is 0 Å². The highest BCUT2D eigenvalue weighted by Crippen LogP contribution is 2.58. The SMILES string of the molecule is CC1(C)c2ccccc2-c2sc3c(c21)c1ccccc1c1c2ccccc2n(-c2ccccc2)c31. The first-order chi connectivity index (χ1) is 17.2. The zero-order valence-corrected chi connectivity index (χ0v) is 20.5. The van der Waals surface area contributed by atoms with Gasteiger partial charge in [0.25, 0.3) is 0 Å². The van der Waals surface area contributed by atoms with E-state index in [1.807, 2.05) is 11.3 Å². The highest BCUT2D eigenvalue weighted by Gasteiger charge is 2.39. The summed E-state index contributed by atoms with van der Waals surface area (Å²) in [6.07, 6.45) is 0. The molecule has 0 fully saturated rings. The van der Waals surface area contributed by atoms with Gasteiger partial charge >= 0.3 is 0 Å². The second-order valence-electron chi connectivity index (χ2n) is 10.1. The molecule has 166 valence electrons. The predicted molar refractivity (Wildman–Crippen MR) is 151 cm³/mol. The average molecular weight is 466 g/mol. The third kappa shape index (κ3) is 2.33. The summed E-state index contributed by atoms with van der Waals surface area (Å²) in [5.41, 5.74) is 8.09. The number of hydrogen-bond donors (Lipinski definition) is 0. The van der Waals surface area contributed by atoms with Crippen molar-refractivity contribution in [2.45, 2.75) is 19.3 Å². The maximum absolute atomic E-state index is 2.49. The summed E-state index contributed by atoms with van der Waals surface area (Å²) in [6, 6.07) is 37.8. The second-order valence-corrected chi connectivity index (χ2v) is 11.2. The molecule has 0 saturated carbocycles. The fourth-order valence-corrected chi connectivity index (χ4v) is 8.05. The lowest BCUT2D eigenvalue weighted by Gasteiger charge is -2.22.